The van der Waals surface area contributed by atoms with Crippen LogP contribution in [-0.4, -0.2) is 26.8 Å². The van der Waals surface area contributed by atoms with Crippen molar-refractivity contribution in [1.82, 2.24) is 4.98 Å². The lowest BCUT2D eigenvalue weighted by molar-refractivity contribution is -0.114. The highest BCUT2D eigenvalue weighted by Gasteiger charge is 2.18. The molecule has 1 heterocycles. The number of carbonyl (C=O) groups is 1. The minimum absolute atomic E-state index is 0.485. The normalized spacial score (nSPS) is 11.2. The van der Waals surface area contributed by atoms with Gasteiger partial charge in [0, 0.05) is 12.4 Å². The van der Waals surface area contributed by atoms with Crippen LogP contribution < -0.4 is 5.32 Å². The molecule has 72 valence electrons. The largest absolute Gasteiger partial charge is 0.366 e. The van der Waals surface area contributed by atoms with Crippen LogP contribution in [0, 0.1) is 0 Å². The summed E-state index contributed by atoms with van der Waals surface area (Å²) in [6.07, 6.45) is 2.31. The summed E-state index contributed by atoms with van der Waals surface area (Å²) in [5.74, 6) is -0.701. The van der Waals surface area contributed by atoms with Crippen molar-refractivity contribution in [2.45, 2.75) is 0 Å². The SMILES string of the molecule is O=C(CP(=O)(O)O)Nc1cc[nH]c1. The second-order valence-corrected chi connectivity index (χ2v) is 4.12. The van der Waals surface area contributed by atoms with Gasteiger partial charge in [0.1, 0.15) is 6.16 Å². The average Bonchev–Trinajstić information content (AvgIpc) is 2.34. The Morgan fingerprint density at radius 3 is 2.77 bits per heavy atom. The third-order valence-electron chi connectivity index (χ3n) is 1.23. The Kier molecular flexibility index (Phi) is 2.87. The molecule has 0 bridgehead atoms. The third-order valence-corrected chi connectivity index (χ3v) is 1.93. The Balaban J connectivity index is 2.48. The highest BCUT2D eigenvalue weighted by atomic mass is 31.2. The molecule has 1 aromatic heterocycles. The van der Waals surface area contributed by atoms with E-state index in [1.54, 1.807) is 12.3 Å². The lowest BCUT2D eigenvalue weighted by Gasteiger charge is -2.03. The predicted molar refractivity (Wildman–Crippen MR) is 46.3 cm³/mol. The van der Waals surface area contributed by atoms with E-state index in [9.17, 15) is 9.36 Å². The molecule has 0 atom stereocenters. The van der Waals surface area contributed by atoms with Gasteiger partial charge in [0.25, 0.3) is 0 Å². The first-order chi connectivity index (χ1) is 5.97. The molecule has 0 aliphatic carbocycles. The zero-order valence-electron chi connectivity index (χ0n) is 6.60. The monoisotopic (exact) mass is 204 g/mol. The number of amides is 1. The van der Waals surface area contributed by atoms with Crippen molar-refractivity contribution in [2.24, 2.45) is 0 Å². The second-order valence-electron chi connectivity index (χ2n) is 2.47. The average molecular weight is 204 g/mol. The number of rotatable bonds is 3. The van der Waals surface area contributed by atoms with Gasteiger partial charge in [-0.25, -0.2) is 0 Å². The Bertz CT molecular complexity index is 328. The fourth-order valence-electron chi connectivity index (χ4n) is 0.789. The summed E-state index contributed by atoms with van der Waals surface area (Å²) in [6.45, 7) is 0. The molecule has 0 saturated carbocycles. The number of nitrogens with one attached hydrogen (secondary N) is 2. The van der Waals surface area contributed by atoms with Crippen LogP contribution in [0.4, 0.5) is 5.69 Å². The van der Waals surface area contributed by atoms with Gasteiger partial charge in [-0.3, -0.25) is 9.36 Å². The van der Waals surface area contributed by atoms with Gasteiger partial charge >= 0.3 is 7.60 Å². The van der Waals surface area contributed by atoms with E-state index in [1.807, 2.05) is 0 Å². The molecule has 0 aliphatic heterocycles. The molecular formula is C6H9N2O4P. The van der Waals surface area contributed by atoms with Crippen LogP contribution >= 0.6 is 7.60 Å². The molecule has 0 radical (unpaired) electrons. The Hall–Kier alpha value is -1.10. The molecule has 1 amide bonds. The molecular weight excluding hydrogens is 195 g/mol. The van der Waals surface area contributed by atoms with E-state index in [-0.39, 0.29) is 0 Å². The van der Waals surface area contributed by atoms with Crippen LogP contribution in [0.3, 0.4) is 0 Å². The van der Waals surface area contributed by atoms with Gasteiger partial charge in [0.2, 0.25) is 5.91 Å². The predicted octanol–water partition coefficient (Wildman–Crippen LogP) is 0.131. The molecule has 13 heavy (non-hydrogen) atoms. The maximum Gasteiger partial charge on any atom is 0.334 e. The van der Waals surface area contributed by atoms with Gasteiger partial charge in [-0.15, -0.1) is 0 Å². The molecule has 1 aromatic rings. The fourth-order valence-corrected chi connectivity index (χ4v) is 1.24. The number of H-pyrrole nitrogens is 1. The van der Waals surface area contributed by atoms with Crippen molar-refractivity contribution in [3.8, 4) is 0 Å². The van der Waals surface area contributed by atoms with Crippen molar-refractivity contribution in [3.63, 3.8) is 0 Å². The number of hydrogen-bond donors (Lipinski definition) is 4. The zero-order chi connectivity index (χ0) is 9.90. The fraction of sp³-hybridized carbons (Fsp3) is 0.167. The molecule has 0 aromatic carbocycles. The van der Waals surface area contributed by atoms with Crippen LogP contribution in [0.1, 0.15) is 0 Å². The minimum Gasteiger partial charge on any atom is -0.366 e. The first-order valence-electron chi connectivity index (χ1n) is 3.44. The van der Waals surface area contributed by atoms with Crippen molar-refractivity contribution in [2.75, 3.05) is 11.5 Å². The van der Waals surface area contributed by atoms with E-state index < -0.39 is 19.7 Å². The lowest BCUT2D eigenvalue weighted by atomic mass is 10.5. The Labute approximate surface area is 74.1 Å². The van der Waals surface area contributed by atoms with Crippen molar-refractivity contribution < 1.29 is 19.1 Å². The minimum atomic E-state index is -4.26. The summed E-state index contributed by atoms with van der Waals surface area (Å²) in [4.78, 5) is 30.5. The molecule has 1 rings (SSSR count). The van der Waals surface area contributed by atoms with E-state index in [0.29, 0.717) is 5.69 Å². The van der Waals surface area contributed by atoms with Crippen LogP contribution in [0.5, 0.6) is 0 Å². The lowest BCUT2D eigenvalue weighted by Crippen LogP contribution is -2.15. The van der Waals surface area contributed by atoms with E-state index >= 15 is 0 Å². The molecule has 0 unspecified atom stereocenters. The summed E-state index contributed by atoms with van der Waals surface area (Å²) in [5.41, 5.74) is 0.485. The van der Waals surface area contributed by atoms with Crippen molar-refractivity contribution in [1.29, 1.82) is 0 Å². The smallest absolute Gasteiger partial charge is 0.334 e. The summed E-state index contributed by atoms with van der Waals surface area (Å²) < 4.78 is 10.4. The highest BCUT2D eigenvalue weighted by Crippen LogP contribution is 2.33. The van der Waals surface area contributed by atoms with Crippen LogP contribution in [-0.2, 0) is 9.36 Å². The van der Waals surface area contributed by atoms with Crippen molar-refractivity contribution >= 4 is 19.2 Å². The molecule has 0 spiro atoms. The number of hydrogen-bond acceptors (Lipinski definition) is 2. The van der Waals surface area contributed by atoms with Gasteiger partial charge < -0.3 is 20.1 Å². The summed E-state index contributed by atoms with van der Waals surface area (Å²) in [6, 6.07) is 1.58. The van der Waals surface area contributed by atoms with Crippen LogP contribution in [0.25, 0.3) is 0 Å². The first-order valence-corrected chi connectivity index (χ1v) is 5.24. The molecule has 7 heteroatoms. The number of aromatic nitrogens is 1. The first kappa shape index (κ1) is 9.98. The Morgan fingerprint density at radius 2 is 2.31 bits per heavy atom. The molecule has 0 aliphatic rings. The van der Waals surface area contributed by atoms with E-state index in [4.69, 9.17) is 9.79 Å². The quantitative estimate of drug-likeness (QED) is 0.525. The van der Waals surface area contributed by atoms with E-state index in [2.05, 4.69) is 10.3 Å². The highest BCUT2D eigenvalue weighted by molar-refractivity contribution is 7.52. The zero-order valence-corrected chi connectivity index (χ0v) is 7.49. The van der Waals surface area contributed by atoms with Crippen molar-refractivity contribution in [3.05, 3.63) is 18.5 Å². The van der Waals surface area contributed by atoms with Gasteiger partial charge in [0.15, 0.2) is 0 Å². The molecule has 4 N–H and O–H groups in total. The third kappa shape index (κ3) is 3.89. The van der Waals surface area contributed by atoms with Gasteiger partial charge in [-0.05, 0) is 6.07 Å². The number of aromatic amines is 1. The Morgan fingerprint density at radius 1 is 1.62 bits per heavy atom. The van der Waals surface area contributed by atoms with E-state index in [0.717, 1.165) is 0 Å². The maximum atomic E-state index is 10.9. The molecule has 6 nitrogen and oxygen atoms in total. The van der Waals surface area contributed by atoms with Crippen LogP contribution in [0.2, 0.25) is 0 Å². The van der Waals surface area contributed by atoms with Gasteiger partial charge in [0.05, 0.1) is 5.69 Å². The summed E-state index contributed by atoms with van der Waals surface area (Å²) in [5, 5.41) is 2.32. The topological polar surface area (TPSA) is 102 Å². The second kappa shape index (κ2) is 3.74. The molecule has 0 fully saturated rings. The maximum absolute atomic E-state index is 10.9. The number of anilines is 1. The van der Waals surface area contributed by atoms with Gasteiger partial charge in [-0.2, -0.15) is 0 Å². The summed E-state index contributed by atoms with van der Waals surface area (Å²) in [7, 11) is -4.26. The van der Waals surface area contributed by atoms with Crippen LogP contribution in [0.15, 0.2) is 18.5 Å². The molecule has 0 saturated heterocycles. The standard InChI is InChI=1S/C6H9N2O4P/c9-6(4-13(10,11)12)8-5-1-2-7-3-5/h1-3,7H,4H2,(H,8,9)(H2,10,11,12). The van der Waals surface area contributed by atoms with Gasteiger partial charge in [-0.1, -0.05) is 0 Å². The number of carbonyl (C=O) groups excluding carboxylic acids is 1. The van der Waals surface area contributed by atoms with E-state index in [1.165, 1.54) is 6.20 Å². The summed E-state index contributed by atoms with van der Waals surface area (Å²) >= 11 is 0.